The molecule has 21 heavy (non-hydrogen) atoms. The van der Waals surface area contributed by atoms with Gasteiger partial charge in [-0.15, -0.1) is 10.2 Å². The van der Waals surface area contributed by atoms with E-state index in [0.717, 1.165) is 5.56 Å². The third-order valence-corrected chi connectivity index (χ3v) is 3.60. The van der Waals surface area contributed by atoms with Crippen molar-refractivity contribution in [1.82, 2.24) is 20.2 Å². The van der Waals surface area contributed by atoms with Gasteiger partial charge >= 0.3 is 0 Å². The summed E-state index contributed by atoms with van der Waals surface area (Å²) in [5, 5.41) is 11.3. The molecule has 0 aliphatic carbocycles. The summed E-state index contributed by atoms with van der Waals surface area (Å²) in [4.78, 5) is 11.6. The molecule has 2 rings (SSSR count). The van der Waals surface area contributed by atoms with Crippen LogP contribution in [0, 0.1) is 0 Å². The first kappa shape index (κ1) is 15.3. The predicted molar refractivity (Wildman–Crippen MR) is 81.2 cm³/mol. The SMILES string of the molecule is COCCNC(=O)CSc1nnc(-c2ccccc2)n1N. The maximum absolute atomic E-state index is 11.6. The predicted octanol–water partition coefficient (Wildman–Crippen LogP) is 0.514. The van der Waals surface area contributed by atoms with Gasteiger partial charge in [-0.1, -0.05) is 42.1 Å². The van der Waals surface area contributed by atoms with Gasteiger partial charge < -0.3 is 15.9 Å². The quantitative estimate of drug-likeness (QED) is 0.440. The number of nitrogens with two attached hydrogens (primary N) is 1. The van der Waals surface area contributed by atoms with Crippen molar-refractivity contribution < 1.29 is 9.53 Å². The molecule has 0 aliphatic heterocycles. The zero-order valence-corrected chi connectivity index (χ0v) is 12.5. The van der Waals surface area contributed by atoms with E-state index in [0.29, 0.717) is 24.1 Å². The summed E-state index contributed by atoms with van der Waals surface area (Å²) >= 11 is 1.24. The van der Waals surface area contributed by atoms with Crippen LogP contribution in [-0.2, 0) is 9.53 Å². The molecule has 3 N–H and O–H groups in total. The molecule has 1 aromatic heterocycles. The van der Waals surface area contributed by atoms with Crippen LogP contribution in [0.2, 0.25) is 0 Å². The monoisotopic (exact) mass is 307 g/mol. The van der Waals surface area contributed by atoms with Gasteiger partial charge in [-0.25, -0.2) is 4.68 Å². The Kier molecular flexibility index (Phi) is 5.59. The number of amides is 1. The van der Waals surface area contributed by atoms with Crippen LogP contribution in [0.4, 0.5) is 0 Å². The molecule has 0 radical (unpaired) electrons. The largest absolute Gasteiger partial charge is 0.383 e. The number of ether oxygens (including phenoxy) is 1. The Morgan fingerprint density at radius 3 is 2.86 bits per heavy atom. The van der Waals surface area contributed by atoms with Gasteiger partial charge in [-0.3, -0.25) is 4.79 Å². The van der Waals surface area contributed by atoms with E-state index in [1.807, 2.05) is 30.3 Å². The minimum Gasteiger partial charge on any atom is -0.383 e. The van der Waals surface area contributed by atoms with Crippen molar-refractivity contribution in [2.45, 2.75) is 5.16 Å². The summed E-state index contributed by atoms with van der Waals surface area (Å²) in [6, 6.07) is 9.53. The third-order valence-electron chi connectivity index (χ3n) is 2.66. The number of nitrogens with zero attached hydrogens (tertiary/aromatic N) is 3. The van der Waals surface area contributed by atoms with E-state index in [2.05, 4.69) is 15.5 Å². The summed E-state index contributed by atoms with van der Waals surface area (Å²) < 4.78 is 6.25. The molecule has 0 saturated carbocycles. The van der Waals surface area contributed by atoms with Gasteiger partial charge in [0.05, 0.1) is 12.4 Å². The number of methoxy groups -OCH3 is 1. The molecule has 0 saturated heterocycles. The third kappa shape index (κ3) is 4.20. The molecular weight excluding hydrogens is 290 g/mol. The molecule has 0 unspecified atom stereocenters. The van der Waals surface area contributed by atoms with Crippen molar-refractivity contribution in [3.63, 3.8) is 0 Å². The van der Waals surface area contributed by atoms with Gasteiger partial charge in [-0.2, -0.15) is 0 Å². The maximum Gasteiger partial charge on any atom is 0.230 e. The minimum absolute atomic E-state index is 0.0960. The number of hydrogen-bond acceptors (Lipinski definition) is 6. The van der Waals surface area contributed by atoms with Crippen LogP contribution < -0.4 is 11.2 Å². The first-order valence-corrected chi connectivity index (χ1v) is 7.35. The van der Waals surface area contributed by atoms with E-state index in [1.54, 1.807) is 7.11 Å². The fourth-order valence-electron chi connectivity index (χ4n) is 1.63. The summed E-state index contributed by atoms with van der Waals surface area (Å²) in [6.07, 6.45) is 0. The Balaban J connectivity index is 1.93. The number of benzene rings is 1. The van der Waals surface area contributed by atoms with Crippen molar-refractivity contribution in [3.05, 3.63) is 30.3 Å². The summed E-state index contributed by atoms with van der Waals surface area (Å²) in [5.41, 5.74) is 0.879. The van der Waals surface area contributed by atoms with Gasteiger partial charge in [0.1, 0.15) is 0 Å². The Hall–Kier alpha value is -2.06. The molecule has 1 aromatic carbocycles. The second-order valence-corrected chi connectivity index (χ2v) is 5.12. The molecule has 8 heteroatoms. The second kappa shape index (κ2) is 7.65. The van der Waals surface area contributed by atoms with E-state index in [-0.39, 0.29) is 11.7 Å². The average molecular weight is 307 g/mol. The lowest BCUT2D eigenvalue weighted by Crippen LogP contribution is -2.28. The number of rotatable bonds is 7. The number of nitrogen functional groups attached to an aromatic ring is 1. The van der Waals surface area contributed by atoms with Crippen molar-refractivity contribution in [2.75, 3.05) is 31.9 Å². The number of thioether (sulfide) groups is 1. The van der Waals surface area contributed by atoms with Crippen LogP contribution in [0.15, 0.2) is 35.5 Å². The fourth-order valence-corrected chi connectivity index (χ4v) is 2.32. The van der Waals surface area contributed by atoms with Crippen molar-refractivity contribution >= 4 is 17.7 Å². The fraction of sp³-hybridized carbons (Fsp3) is 0.308. The van der Waals surface area contributed by atoms with Gasteiger partial charge in [0.15, 0.2) is 5.82 Å². The highest BCUT2D eigenvalue weighted by Crippen LogP contribution is 2.20. The lowest BCUT2D eigenvalue weighted by molar-refractivity contribution is -0.118. The highest BCUT2D eigenvalue weighted by atomic mass is 32.2. The molecule has 1 heterocycles. The lowest BCUT2D eigenvalue weighted by atomic mass is 10.2. The number of nitrogens with one attached hydrogen (secondary N) is 1. The Morgan fingerprint density at radius 1 is 1.38 bits per heavy atom. The van der Waals surface area contributed by atoms with Crippen LogP contribution in [0.25, 0.3) is 11.4 Å². The first-order valence-electron chi connectivity index (χ1n) is 6.36. The van der Waals surface area contributed by atoms with Crippen molar-refractivity contribution in [1.29, 1.82) is 0 Å². The zero-order valence-electron chi connectivity index (χ0n) is 11.7. The normalized spacial score (nSPS) is 10.5. The number of carbonyl (C=O) groups is 1. The molecule has 0 atom stereocenters. The van der Waals surface area contributed by atoms with Gasteiger partial charge in [-0.05, 0) is 0 Å². The molecule has 2 aromatic rings. The number of aromatic nitrogens is 3. The Bertz CT molecular complexity index is 588. The smallest absolute Gasteiger partial charge is 0.230 e. The van der Waals surface area contributed by atoms with Crippen LogP contribution in [0.5, 0.6) is 0 Å². The van der Waals surface area contributed by atoms with Gasteiger partial charge in [0.25, 0.3) is 0 Å². The summed E-state index contributed by atoms with van der Waals surface area (Å²) in [5.74, 6) is 6.66. The molecule has 0 aliphatic rings. The molecule has 1 amide bonds. The Labute approximate surface area is 126 Å². The van der Waals surface area contributed by atoms with Crippen LogP contribution >= 0.6 is 11.8 Å². The van der Waals surface area contributed by atoms with Crippen molar-refractivity contribution in [3.8, 4) is 11.4 Å². The topological polar surface area (TPSA) is 95.1 Å². The van der Waals surface area contributed by atoms with E-state index in [9.17, 15) is 4.79 Å². The minimum atomic E-state index is -0.0960. The Morgan fingerprint density at radius 2 is 2.14 bits per heavy atom. The molecule has 0 bridgehead atoms. The van der Waals surface area contributed by atoms with E-state index in [1.165, 1.54) is 16.4 Å². The van der Waals surface area contributed by atoms with Crippen LogP contribution in [0.1, 0.15) is 0 Å². The molecule has 0 spiro atoms. The summed E-state index contributed by atoms with van der Waals surface area (Å²) in [7, 11) is 1.59. The standard InChI is InChI=1S/C13H17N5O2S/c1-20-8-7-15-11(19)9-21-13-17-16-12(18(13)14)10-5-3-2-4-6-10/h2-6H,7-9,14H2,1H3,(H,15,19). The second-order valence-electron chi connectivity index (χ2n) is 4.17. The van der Waals surface area contributed by atoms with Crippen molar-refractivity contribution in [2.24, 2.45) is 0 Å². The highest BCUT2D eigenvalue weighted by molar-refractivity contribution is 7.99. The van der Waals surface area contributed by atoms with Gasteiger partial charge in [0, 0.05) is 19.2 Å². The average Bonchev–Trinajstić information content (AvgIpc) is 2.87. The zero-order chi connectivity index (χ0) is 15.1. The van der Waals surface area contributed by atoms with Gasteiger partial charge in [0.2, 0.25) is 11.1 Å². The lowest BCUT2D eigenvalue weighted by Gasteiger charge is -2.05. The maximum atomic E-state index is 11.6. The van der Waals surface area contributed by atoms with Crippen LogP contribution in [0.3, 0.4) is 0 Å². The van der Waals surface area contributed by atoms with E-state index >= 15 is 0 Å². The van der Waals surface area contributed by atoms with E-state index < -0.39 is 0 Å². The molecule has 112 valence electrons. The summed E-state index contributed by atoms with van der Waals surface area (Å²) in [6.45, 7) is 0.974. The number of hydrogen-bond donors (Lipinski definition) is 2. The number of carbonyl (C=O) groups excluding carboxylic acids is 1. The molecule has 0 fully saturated rings. The molecular formula is C13H17N5O2S. The van der Waals surface area contributed by atoms with E-state index in [4.69, 9.17) is 10.6 Å². The van der Waals surface area contributed by atoms with Crippen LogP contribution in [-0.4, -0.2) is 46.8 Å². The highest BCUT2D eigenvalue weighted by Gasteiger charge is 2.13. The molecule has 7 nitrogen and oxygen atoms in total. The first-order chi connectivity index (χ1) is 10.2.